The van der Waals surface area contributed by atoms with Crippen LogP contribution in [0, 0.1) is 30.5 Å². The molecule has 19 heavy (non-hydrogen) atoms. The third-order valence-corrected chi connectivity index (χ3v) is 5.07. The van der Waals surface area contributed by atoms with E-state index in [0.29, 0.717) is 6.04 Å². The van der Waals surface area contributed by atoms with Crippen molar-refractivity contribution in [3.63, 3.8) is 0 Å². The minimum atomic E-state index is -0.106. The maximum Gasteiger partial charge on any atom is 0.123 e. The number of rotatable bonds is 5. The molecule has 1 nitrogen and oxygen atoms in total. The highest BCUT2D eigenvalue weighted by atomic mass is 19.1. The van der Waals surface area contributed by atoms with Crippen LogP contribution in [-0.2, 0) is 6.42 Å². The summed E-state index contributed by atoms with van der Waals surface area (Å²) in [6.45, 7) is 5.26. The highest BCUT2D eigenvalue weighted by Crippen LogP contribution is 2.55. The zero-order valence-electron chi connectivity index (χ0n) is 12.0. The van der Waals surface area contributed by atoms with E-state index >= 15 is 0 Å². The van der Waals surface area contributed by atoms with Crippen LogP contribution < -0.4 is 5.32 Å². The van der Waals surface area contributed by atoms with Crippen molar-refractivity contribution in [1.29, 1.82) is 0 Å². The molecule has 3 atom stereocenters. The van der Waals surface area contributed by atoms with Crippen LogP contribution in [0.3, 0.4) is 0 Å². The molecule has 0 heterocycles. The molecule has 0 amide bonds. The fourth-order valence-corrected chi connectivity index (χ4v) is 3.85. The first-order chi connectivity index (χ1) is 9.17. The largest absolute Gasteiger partial charge is 0.314 e. The third-order valence-electron chi connectivity index (χ3n) is 5.07. The molecular formula is C17H24FN. The van der Waals surface area contributed by atoms with E-state index in [4.69, 9.17) is 0 Å². The molecule has 2 fully saturated rings. The number of aryl methyl sites for hydroxylation is 1. The van der Waals surface area contributed by atoms with Crippen LogP contribution in [0.2, 0.25) is 0 Å². The van der Waals surface area contributed by atoms with Gasteiger partial charge in [0, 0.05) is 6.04 Å². The summed E-state index contributed by atoms with van der Waals surface area (Å²) in [6, 6.07) is 5.71. The predicted octanol–water partition coefficient (Wildman–Crippen LogP) is 3.70. The molecule has 0 radical (unpaired) electrons. The van der Waals surface area contributed by atoms with E-state index < -0.39 is 0 Å². The minimum absolute atomic E-state index is 0.106. The lowest BCUT2D eigenvalue weighted by Crippen LogP contribution is -2.37. The van der Waals surface area contributed by atoms with Gasteiger partial charge in [0.05, 0.1) is 0 Å². The number of hydrogen-bond donors (Lipinski definition) is 1. The molecule has 0 aromatic heterocycles. The van der Waals surface area contributed by atoms with E-state index in [0.717, 1.165) is 30.7 Å². The Morgan fingerprint density at radius 1 is 1.26 bits per heavy atom. The van der Waals surface area contributed by atoms with Gasteiger partial charge in [0.2, 0.25) is 0 Å². The summed E-state index contributed by atoms with van der Waals surface area (Å²) in [7, 11) is 0. The lowest BCUT2D eigenvalue weighted by atomic mass is 9.88. The predicted molar refractivity (Wildman–Crippen MR) is 76.6 cm³/mol. The Hall–Kier alpha value is -0.890. The number of nitrogens with one attached hydrogen (secondary N) is 1. The second-order valence-corrected chi connectivity index (χ2v) is 6.43. The zero-order valence-corrected chi connectivity index (χ0v) is 12.0. The summed E-state index contributed by atoms with van der Waals surface area (Å²) in [5.41, 5.74) is 2.39. The van der Waals surface area contributed by atoms with Crippen LogP contribution in [0.15, 0.2) is 18.2 Å². The molecule has 1 aromatic rings. The van der Waals surface area contributed by atoms with Crippen molar-refractivity contribution in [3.8, 4) is 0 Å². The maximum absolute atomic E-state index is 13.4. The van der Waals surface area contributed by atoms with Crippen molar-refractivity contribution >= 4 is 0 Å². The Morgan fingerprint density at radius 3 is 2.68 bits per heavy atom. The molecule has 2 aliphatic carbocycles. The molecule has 0 bridgehead atoms. The van der Waals surface area contributed by atoms with E-state index in [1.165, 1.54) is 30.4 Å². The number of fused-ring (bicyclic) bond motifs is 1. The molecule has 0 spiro atoms. The number of halogens is 1. The van der Waals surface area contributed by atoms with Crippen molar-refractivity contribution in [2.24, 2.45) is 17.8 Å². The van der Waals surface area contributed by atoms with Crippen molar-refractivity contribution in [2.45, 2.75) is 45.6 Å². The Kier molecular flexibility index (Phi) is 3.62. The molecule has 1 aromatic carbocycles. The van der Waals surface area contributed by atoms with Crippen LogP contribution in [0.5, 0.6) is 0 Å². The SMILES string of the molecule is CCNC(Cc1cc(F)ccc1C)C1CC2CC2C1. The van der Waals surface area contributed by atoms with Gasteiger partial charge in [-0.25, -0.2) is 4.39 Å². The minimum Gasteiger partial charge on any atom is -0.314 e. The van der Waals surface area contributed by atoms with Crippen LogP contribution in [0.25, 0.3) is 0 Å². The van der Waals surface area contributed by atoms with Crippen LogP contribution in [-0.4, -0.2) is 12.6 Å². The van der Waals surface area contributed by atoms with Gasteiger partial charge in [0.25, 0.3) is 0 Å². The Balaban J connectivity index is 1.71. The van der Waals surface area contributed by atoms with Crippen LogP contribution in [0.4, 0.5) is 4.39 Å². The first kappa shape index (κ1) is 13.1. The first-order valence-corrected chi connectivity index (χ1v) is 7.65. The van der Waals surface area contributed by atoms with E-state index in [1.54, 1.807) is 12.1 Å². The Morgan fingerprint density at radius 2 is 2.00 bits per heavy atom. The summed E-state index contributed by atoms with van der Waals surface area (Å²) in [4.78, 5) is 0. The number of likely N-dealkylation sites (N-methyl/N-ethyl adjacent to an activating group) is 1. The fourth-order valence-electron chi connectivity index (χ4n) is 3.85. The van der Waals surface area contributed by atoms with Crippen LogP contribution >= 0.6 is 0 Å². The Bertz CT molecular complexity index is 447. The second-order valence-electron chi connectivity index (χ2n) is 6.43. The van der Waals surface area contributed by atoms with Crippen molar-refractivity contribution < 1.29 is 4.39 Å². The lowest BCUT2D eigenvalue weighted by molar-refractivity contribution is 0.336. The summed E-state index contributed by atoms with van der Waals surface area (Å²) >= 11 is 0. The topological polar surface area (TPSA) is 12.0 Å². The van der Waals surface area contributed by atoms with Gasteiger partial charge in [0.15, 0.2) is 0 Å². The standard InChI is InChI=1S/C17H24FN/c1-3-19-17(15-7-13-6-14(13)8-15)10-12-9-16(18)5-4-11(12)2/h4-5,9,13-15,17,19H,3,6-8,10H2,1-2H3. The van der Waals surface area contributed by atoms with Gasteiger partial charge >= 0.3 is 0 Å². The molecule has 1 N–H and O–H groups in total. The van der Waals surface area contributed by atoms with Crippen molar-refractivity contribution in [3.05, 3.63) is 35.1 Å². The molecule has 2 aliphatic rings. The van der Waals surface area contributed by atoms with E-state index in [9.17, 15) is 4.39 Å². The van der Waals surface area contributed by atoms with Gasteiger partial charge in [-0.3, -0.25) is 0 Å². The normalized spacial score (nSPS) is 30.2. The number of benzene rings is 1. The molecule has 0 aliphatic heterocycles. The summed E-state index contributed by atoms with van der Waals surface area (Å²) in [5.74, 6) is 2.72. The van der Waals surface area contributed by atoms with Gasteiger partial charge in [-0.05, 0) is 80.2 Å². The monoisotopic (exact) mass is 261 g/mol. The highest BCUT2D eigenvalue weighted by molar-refractivity contribution is 5.27. The molecule has 2 saturated carbocycles. The smallest absolute Gasteiger partial charge is 0.123 e. The van der Waals surface area contributed by atoms with Crippen molar-refractivity contribution in [1.82, 2.24) is 5.32 Å². The fraction of sp³-hybridized carbons (Fsp3) is 0.647. The molecule has 3 unspecified atom stereocenters. The van der Waals surface area contributed by atoms with Crippen molar-refractivity contribution in [2.75, 3.05) is 6.54 Å². The molecule has 2 heteroatoms. The summed E-state index contributed by atoms with van der Waals surface area (Å²) in [6.07, 6.45) is 5.21. The summed E-state index contributed by atoms with van der Waals surface area (Å²) in [5, 5.41) is 3.64. The maximum atomic E-state index is 13.4. The third kappa shape index (κ3) is 2.84. The number of hydrogen-bond acceptors (Lipinski definition) is 1. The average molecular weight is 261 g/mol. The molecule has 104 valence electrons. The quantitative estimate of drug-likeness (QED) is 0.852. The zero-order chi connectivity index (χ0) is 13.4. The van der Waals surface area contributed by atoms with Gasteiger partial charge in [-0.15, -0.1) is 0 Å². The lowest BCUT2D eigenvalue weighted by Gasteiger charge is -2.26. The highest BCUT2D eigenvalue weighted by Gasteiger charge is 2.47. The Labute approximate surface area is 115 Å². The van der Waals surface area contributed by atoms with Gasteiger partial charge < -0.3 is 5.32 Å². The molecular weight excluding hydrogens is 237 g/mol. The van der Waals surface area contributed by atoms with E-state index in [2.05, 4.69) is 19.2 Å². The van der Waals surface area contributed by atoms with E-state index in [1.807, 2.05) is 6.07 Å². The van der Waals surface area contributed by atoms with Crippen LogP contribution in [0.1, 0.15) is 37.3 Å². The van der Waals surface area contributed by atoms with Gasteiger partial charge in [-0.1, -0.05) is 13.0 Å². The second kappa shape index (κ2) is 5.24. The molecule has 0 saturated heterocycles. The average Bonchev–Trinajstić information content (AvgIpc) is 3.00. The van der Waals surface area contributed by atoms with Gasteiger partial charge in [0.1, 0.15) is 5.82 Å². The van der Waals surface area contributed by atoms with Gasteiger partial charge in [-0.2, -0.15) is 0 Å². The first-order valence-electron chi connectivity index (χ1n) is 7.65. The van der Waals surface area contributed by atoms with E-state index in [-0.39, 0.29) is 5.82 Å². The molecule has 3 rings (SSSR count). The summed E-state index contributed by atoms with van der Waals surface area (Å²) < 4.78 is 13.4.